The maximum absolute atomic E-state index is 13.2. The van der Waals surface area contributed by atoms with Crippen molar-refractivity contribution in [1.82, 2.24) is 4.31 Å². The topological polar surface area (TPSA) is 75.7 Å². The number of nitrogens with zero attached hydrogens (tertiary/aromatic N) is 1. The number of sulfonamides is 1. The van der Waals surface area contributed by atoms with Crippen molar-refractivity contribution >= 4 is 21.6 Å². The van der Waals surface area contributed by atoms with Crippen LogP contribution in [-0.4, -0.2) is 37.8 Å². The molecule has 1 amide bonds. The molecule has 1 heterocycles. The molecule has 0 radical (unpaired) electrons. The Hall–Kier alpha value is -2.45. The van der Waals surface area contributed by atoms with Crippen molar-refractivity contribution in [1.29, 1.82) is 0 Å². The average molecular weight is 406 g/mol. The number of rotatable bonds is 6. The van der Waals surface area contributed by atoms with E-state index in [4.69, 9.17) is 4.74 Å². The van der Waals surface area contributed by atoms with Gasteiger partial charge >= 0.3 is 0 Å². The molecule has 1 atom stereocenters. The first-order valence-corrected chi connectivity index (χ1v) is 10.7. The predicted octanol–water partition coefficient (Wildman–Crippen LogP) is 3.41. The van der Waals surface area contributed by atoms with Crippen molar-refractivity contribution in [2.75, 3.05) is 18.5 Å². The van der Waals surface area contributed by atoms with Gasteiger partial charge in [0.1, 0.15) is 17.6 Å². The van der Waals surface area contributed by atoms with Gasteiger partial charge in [-0.05, 0) is 68.3 Å². The van der Waals surface area contributed by atoms with Crippen LogP contribution < -0.4 is 10.1 Å². The van der Waals surface area contributed by atoms with Gasteiger partial charge in [0, 0.05) is 12.2 Å². The third-order valence-corrected chi connectivity index (χ3v) is 6.53. The molecule has 0 saturated carbocycles. The number of carbonyl (C=O) groups is 1. The molecule has 0 spiro atoms. The molecule has 2 aromatic carbocycles. The van der Waals surface area contributed by atoms with Gasteiger partial charge < -0.3 is 10.1 Å². The second kappa shape index (κ2) is 8.70. The minimum atomic E-state index is -3.89. The summed E-state index contributed by atoms with van der Waals surface area (Å²) in [6, 6.07) is 10.8. The summed E-state index contributed by atoms with van der Waals surface area (Å²) >= 11 is 0. The van der Waals surface area contributed by atoms with Gasteiger partial charge in [-0.2, -0.15) is 4.31 Å². The van der Waals surface area contributed by atoms with Crippen molar-refractivity contribution in [2.45, 2.75) is 37.1 Å². The van der Waals surface area contributed by atoms with Gasteiger partial charge in [-0.3, -0.25) is 4.79 Å². The van der Waals surface area contributed by atoms with Crippen LogP contribution in [0.2, 0.25) is 0 Å². The highest BCUT2D eigenvalue weighted by Gasteiger charge is 2.37. The number of ether oxygens (including phenoxy) is 1. The monoisotopic (exact) mass is 406 g/mol. The number of hydrogen-bond donors (Lipinski definition) is 1. The van der Waals surface area contributed by atoms with Gasteiger partial charge in [0.15, 0.2) is 0 Å². The molecular weight excluding hydrogens is 383 g/mol. The van der Waals surface area contributed by atoms with Crippen LogP contribution in [0.15, 0.2) is 53.4 Å². The largest absolute Gasteiger partial charge is 0.494 e. The van der Waals surface area contributed by atoms with E-state index in [9.17, 15) is 17.6 Å². The lowest BCUT2D eigenvalue weighted by Gasteiger charge is -2.33. The first-order chi connectivity index (χ1) is 13.4. The molecule has 0 bridgehead atoms. The zero-order valence-electron chi connectivity index (χ0n) is 15.6. The normalized spacial score (nSPS) is 17.9. The molecule has 1 fully saturated rings. The van der Waals surface area contributed by atoms with E-state index in [0.717, 1.165) is 18.6 Å². The molecule has 3 rings (SSSR count). The van der Waals surface area contributed by atoms with Crippen LogP contribution in [-0.2, 0) is 14.8 Å². The third kappa shape index (κ3) is 4.51. The molecule has 1 aliphatic rings. The van der Waals surface area contributed by atoms with E-state index in [1.165, 1.54) is 16.4 Å². The van der Waals surface area contributed by atoms with Crippen LogP contribution in [0, 0.1) is 5.82 Å². The Morgan fingerprint density at radius 1 is 1.14 bits per heavy atom. The van der Waals surface area contributed by atoms with Crippen molar-refractivity contribution in [2.24, 2.45) is 0 Å². The molecule has 1 aliphatic heterocycles. The summed E-state index contributed by atoms with van der Waals surface area (Å²) in [5, 5.41) is 2.78. The second-order valence-corrected chi connectivity index (χ2v) is 8.42. The fourth-order valence-electron chi connectivity index (χ4n) is 3.22. The van der Waals surface area contributed by atoms with E-state index in [1.807, 2.05) is 6.92 Å². The molecule has 28 heavy (non-hydrogen) atoms. The highest BCUT2D eigenvalue weighted by molar-refractivity contribution is 7.89. The smallest absolute Gasteiger partial charge is 0.243 e. The Bertz CT molecular complexity index is 914. The van der Waals surface area contributed by atoms with Gasteiger partial charge in [0.2, 0.25) is 15.9 Å². The standard InChI is InChI=1S/C20H23FN2O4S/c1-2-27-17-10-8-16(9-11-17)22-20(24)19-5-3-4-14-23(19)28(25,26)18-12-6-15(21)7-13-18/h6-13,19H,2-5,14H2,1H3,(H,22,24). The number of carbonyl (C=O) groups excluding carboxylic acids is 1. The van der Waals surface area contributed by atoms with Gasteiger partial charge in [-0.15, -0.1) is 0 Å². The molecule has 0 aliphatic carbocycles. The minimum Gasteiger partial charge on any atom is -0.494 e. The fourth-order valence-corrected chi connectivity index (χ4v) is 4.88. The highest BCUT2D eigenvalue weighted by Crippen LogP contribution is 2.27. The van der Waals surface area contributed by atoms with Crippen molar-refractivity contribution in [3.05, 3.63) is 54.3 Å². The Labute approximate surface area is 164 Å². The van der Waals surface area contributed by atoms with Gasteiger partial charge in [0.05, 0.1) is 11.5 Å². The zero-order valence-corrected chi connectivity index (χ0v) is 16.4. The van der Waals surface area contributed by atoms with E-state index in [0.29, 0.717) is 30.9 Å². The van der Waals surface area contributed by atoms with Crippen LogP contribution in [0.25, 0.3) is 0 Å². The lowest BCUT2D eigenvalue weighted by molar-refractivity contribution is -0.120. The predicted molar refractivity (Wildman–Crippen MR) is 104 cm³/mol. The zero-order chi connectivity index (χ0) is 20.1. The number of piperidine rings is 1. The van der Waals surface area contributed by atoms with Crippen LogP contribution in [0.4, 0.5) is 10.1 Å². The molecule has 1 N–H and O–H groups in total. The molecule has 0 aromatic heterocycles. The Morgan fingerprint density at radius 2 is 1.82 bits per heavy atom. The quantitative estimate of drug-likeness (QED) is 0.798. The summed E-state index contributed by atoms with van der Waals surface area (Å²) in [7, 11) is -3.89. The average Bonchev–Trinajstić information content (AvgIpc) is 2.70. The van der Waals surface area contributed by atoms with E-state index < -0.39 is 21.9 Å². The molecule has 6 nitrogen and oxygen atoms in total. The minimum absolute atomic E-state index is 0.0188. The Morgan fingerprint density at radius 3 is 2.46 bits per heavy atom. The van der Waals surface area contributed by atoms with Crippen LogP contribution in [0.3, 0.4) is 0 Å². The molecule has 1 unspecified atom stereocenters. The lowest BCUT2D eigenvalue weighted by atomic mass is 10.0. The summed E-state index contributed by atoms with van der Waals surface area (Å²) in [6.45, 7) is 2.68. The van der Waals surface area contributed by atoms with E-state index in [1.54, 1.807) is 24.3 Å². The second-order valence-electron chi connectivity index (χ2n) is 6.53. The summed E-state index contributed by atoms with van der Waals surface area (Å²) in [5.41, 5.74) is 0.568. The highest BCUT2D eigenvalue weighted by atomic mass is 32.2. The van der Waals surface area contributed by atoms with Crippen LogP contribution >= 0.6 is 0 Å². The first kappa shape index (κ1) is 20.3. The van der Waals surface area contributed by atoms with Gasteiger partial charge in [-0.1, -0.05) is 6.42 Å². The van der Waals surface area contributed by atoms with Crippen molar-refractivity contribution < 1.29 is 22.3 Å². The maximum Gasteiger partial charge on any atom is 0.243 e. The fraction of sp³-hybridized carbons (Fsp3) is 0.350. The van der Waals surface area contributed by atoms with E-state index in [2.05, 4.69) is 5.32 Å². The summed E-state index contributed by atoms with van der Waals surface area (Å²) in [4.78, 5) is 12.8. The number of halogens is 1. The van der Waals surface area contributed by atoms with Gasteiger partial charge in [-0.25, -0.2) is 12.8 Å². The first-order valence-electron chi connectivity index (χ1n) is 9.23. The van der Waals surface area contributed by atoms with Gasteiger partial charge in [0.25, 0.3) is 0 Å². The Balaban J connectivity index is 1.78. The molecule has 1 saturated heterocycles. The lowest BCUT2D eigenvalue weighted by Crippen LogP contribution is -2.49. The Kier molecular flexibility index (Phi) is 6.31. The van der Waals surface area contributed by atoms with Crippen LogP contribution in [0.1, 0.15) is 26.2 Å². The molecule has 2 aromatic rings. The summed E-state index contributed by atoms with van der Waals surface area (Å²) in [6.07, 6.45) is 1.87. The van der Waals surface area contributed by atoms with E-state index >= 15 is 0 Å². The van der Waals surface area contributed by atoms with Crippen molar-refractivity contribution in [3.8, 4) is 5.75 Å². The molecule has 150 valence electrons. The number of nitrogens with one attached hydrogen (secondary N) is 1. The van der Waals surface area contributed by atoms with E-state index in [-0.39, 0.29) is 17.3 Å². The molecular formula is C20H23FN2O4S. The number of hydrogen-bond acceptors (Lipinski definition) is 4. The SMILES string of the molecule is CCOc1ccc(NC(=O)C2CCCCN2S(=O)(=O)c2ccc(F)cc2)cc1. The number of amides is 1. The number of benzene rings is 2. The third-order valence-electron chi connectivity index (χ3n) is 4.61. The van der Waals surface area contributed by atoms with Crippen LogP contribution in [0.5, 0.6) is 5.75 Å². The summed E-state index contributed by atoms with van der Waals surface area (Å²) in [5.74, 6) is -0.199. The number of anilines is 1. The van der Waals surface area contributed by atoms with Crippen molar-refractivity contribution in [3.63, 3.8) is 0 Å². The maximum atomic E-state index is 13.2. The molecule has 8 heteroatoms. The summed E-state index contributed by atoms with van der Waals surface area (Å²) < 4.78 is 45.7.